The van der Waals surface area contributed by atoms with Crippen LogP contribution in [-0.2, 0) is 14.0 Å². The van der Waals surface area contributed by atoms with Crippen LogP contribution in [0.3, 0.4) is 0 Å². The number of carbonyl (C=O) groups is 1. The third kappa shape index (κ3) is 5.45. The third-order valence-corrected chi connectivity index (χ3v) is 8.06. The first kappa shape index (κ1) is 27.3. The number of pyridine rings is 1. The second kappa shape index (κ2) is 10.7. The lowest BCUT2D eigenvalue weighted by molar-refractivity contribution is 0.00578. The summed E-state index contributed by atoms with van der Waals surface area (Å²) in [6, 6.07) is 19.7. The summed E-state index contributed by atoms with van der Waals surface area (Å²) in [6.45, 7) is 8.26. The van der Waals surface area contributed by atoms with Crippen molar-refractivity contribution >= 4 is 18.7 Å². The number of aliphatic hydroxyl groups is 2. The SMILES string of the molecule is CC1(C)OB(c2ccc(C(O)C(O)CCNC(=O)OCC3c4ccccc4-c4ccccc43)nc2)OC1(C)C. The fraction of sp³-hybridized carbons (Fsp3) is 0.400. The van der Waals surface area contributed by atoms with Crippen molar-refractivity contribution in [2.45, 2.75) is 63.4 Å². The van der Waals surface area contributed by atoms with Crippen molar-refractivity contribution in [3.8, 4) is 11.1 Å². The molecule has 1 aliphatic carbocycles. The van der Waals surface area contributed by atoms with Gasteiger partial charge in [0.2, 0.25) is 0 Å². The molecule has 3 N–H and O–H groups in total. The second-order valence-corrected chi connectivity index (χ2v) is 11.2. The number of amides is 1. The predicted molar refractivity (Wildman–Crippen MR) is 149 cm³/mol. The number of hydrogen-bond acceptors (Lipinski definition) is 7. The first-order valence-electron chi connectivity index (χ1n) is 13.3. The van der Waals surface area contributed by atoms with Gasteiger partial charge in [0.05, 0.1) is 23.0 Å². The lowest BCUT2D eigenvalue weighted by Crippen LogP contribution is -2.41. The van der Waals surface area contributed by atoms with Crippen LogP contribution >= 0.6 is 0 Å². The molecule has 5 rings (SSSR count). The van der Waals surface area contributed by atoms with Gasteiger partial charge in [0.25, 0.3) is 0 Å². The molecule has 0 radical (unpaired) electrons. The minimum Gasteiger partial charge on any atom is -0.449 e. The van der Waals surface area contributed by atoms with Crippen molar-refractivity contribution in [2.24, 2.45) is 0 Å². The zero-order valence-corrected chi connectivity index (χ0v) is 22.8. The van der Waals surface area contributed by atoms with Crippen molar-refractivity contribution in [1.29, 1.82) is 0 Å². The Hall–Kier alpha value is -3.24. The molecule has 2 aromatic carbocycles. The van der Waals surface area contributed by atoms with E-state index < -0.39 is 36.6 Å². The molecule has 1 aliphatic heterocycles. The molecule has 2 atom stereocenters. The smallest absolute Gasteiger partial charge is 0.449 e. The number of fused-ring (bicyclic) bond motifs is 3. The van der Waals surface area contributed by atoms with Gasteiger partial charge in [0, 0.05) is 24.1 Å². The predicted octanol–water partition coefficient (Wildman–Crippen LogP) is 3.70. The first-order valence-corrected chi connectivity index (χ1v) is 13.3. The number of benzene rings is 2. The van der Waals surface area contributed by atoms with Crippen LogP contribution in [0.4, 0.5) is 4.79 Å². The number of hydrogen-bond donors (Lipinski definition) is 3. The zero-order valence-electron chi connectivity index (χ0n) is 22.8. The van der Waals surface area contributed by atoms with E-state index in [1.807, 2.05) is 52.0 Å². The van der Waals surface area contributed by atoms with E-state index in [2.05, 4.69) is 34.6 Å². The summed E-state index contributed by atoms with van der Waals surface area (Å²) in [5, 5.41) is 23.7. The van der Waals surface area contributed by atoms with Crippen molar-refractivity contribution in [2.75, 3.05) is 13.2 Å². The minimum atomic E-state index is -1.21. The van der Waals surface area contributed by atoms with Crippen molar-refractivity contribution in [3.05, 3.63) is 83.7 Å². The van der Waals surface area contributed by atoms with E-state index in [4.69, 9.17) is 14.0 Å². The molecule has 0 bridgehead atoms. The zero-order chi connectivity index (χ0) is 27.8. The maximum absolute atomic E-state index is 12.4. The average molecular weight is 530 g/mol. The van der Waals surface area contributed by atoms with E-state index in [-0.39, 0.29) is 25.5 Å². The third-order valence-electron chi connectivity index (χ3n) is 8.06. The molecule has 1 fully saturated rings. The normalized spacial score (nSPS) is 18.8. The van der Waals surface area contributed by atoms with Crippen molar-refractivity contribution in [1.82, 2.24) is 10.3 Å². The van der Waals surface area contributed by atoms with Crippen LogP contribution in [0.1, 0.15) is 63.0 Å². The summed E-state index contributed by atoms with van der Waals surface area (Å²) in [5.41, 5.74) is 4.73. The molecule has 2 aliphatic rings. The summed E-state index contributed by atoms with van der Waals surface area (Å²) in [6.07, 6.45) is -1.17. The molecule has 8 nitrogen and oxygen atoms in total. The monoisotopic (exact) mass is 530 g/mol. The standard InChI is InChI=1S/C30H35BN2O6/c1-29(2)30(3,4)39-31(38-29)19-13-14-25(33-17-19)27(35)26(34)15-16-32-28(36)37-18-24-22-11-7-5-9-20(22)21-10-6-8-12-23(21)24/h5-14,17,24,26-27,34-35H,15-16,18H2,1-4H3,(H,32,36). The van der Waals surface area contributed by atoms with Gasteiger partial charge in [-0.1, -0.05) is 54.6 Å². The Morgan fingerprint density at radius 3 is 2.13 bits per heavy atom. The highest BCUT2D eigenvalue weighted by Gasteiger charge is 2.51. The fourth-order valence-electron chi connectivity index (χ4n) is 5.04. The van der Waals surface area contributed by atoms with Crippen LogP contribution < -0.4 is 10.8 Å². The Bertz CT molecular complexity index is 1270. The summed E-state index contributed by atoms with van der Waals surface area (Å²) in [5.74, 6) is -0.0261. The van der Waals surface area contributed by atoms with Gasteiger partial charge >= 0.3 is 13.2 Å². The fourth-order valence-corrected chi connectivity index (χ4v) is 5.04. The molecule has 39 heavy (non-hydrogen) atoms. The van der Waals surface area contributed by atoms with E-state index in [9.17, 15) is 15.0 Å². The highest BCUT2D eigenvalue weighted by atomic mass is 16.7. The maximum atomic E-state index is 12.4. The highest BCUT2D eigenvalue weighted by molar-refractivity contribution is 6.62. The summed E-state index contributed by atoms with van der Waals surface area (Å²) < 4.78 is 17.6. The average Bonchev–Trinajstić information content (AvgIpc) is 3.36. The number of ether oxygens (including phenoxy) is 1. The van der Waals surface area contributed by atoms with E-state index >= 15 is 0 Å². The molecule has 1 aromatic heterocycles. The van der Waals surface area contributed by atoms with Crippen LogP contribution in [0.2, 0.25) is 0 Å². The summed E-state index contributed by atoms with van der Waals surface area (Å²) >= 11 is 0. The van der Waals surface area contributed by atoms with Gasteiger partial charge in [-0.2, -0.15) is 0 Å². The van der Waals surface area contributed by atoms with Gasteiger partial charge in [-0.25, -0.2) is 4.79 Å². The highest BCUT2D eigenvalue weighted by Crippen LogP contribution is 2.44. The summed E-state index contributed by atoms with van der Waals surface area (Å²) in [4.78, 5) is 16.7. The Kier molecular flexibility index (Phi) is 7.52. The van der Waals surface area contributed by atoms with Gasteiger partial charge in [-0.15, -0.1) is 0 Å². The van der Waals surface area contributed by atoms with E-state index in [1.165, 1.54) is 0 Å². The maximum Gasteiger partial charge on any atom is 0.496 e. The van der Waals surface area contributed by atoms with Crippen LogP contribution in [0.5, 0.6) is 0 Å². The molecule has 2 heterocycles. The number of alkyl carbamates (subject to hydrolysis) is 1. The van der Waals surface area contributed by atoms with E-state index in [1.54, 1.807) is 18.3 Å². The molecular weight excluding hydrogens is 495 g/mol. The number of aromatic nitrogens is 1. The van der Waals surface area contributed by atoms with E-state index in [0.717, 1.165) is 27.7 Å². The van der Waals surface area contributed by atoms with Gasteiger partial charge in [0.1, 0.15) is 12.7 Å². The Morgan fingerprint density at radius 1 is 0.974 bits per heavy atom. The first-order chi connectivity index (χ1) is 18.6. The number of carbonyl (C=O) groups excluding carboxylic acids is 1. The molecule has 1 amide bonds. The molecule has 2 unspecified atom stereocenters. The van der Waals surface area contributed by atoms with E-state index in [0.29, 0.717) is 5.69 Å². The molecule has 0 saturated carbocycles. The van der Waals surface area contributed by atoms with Crippen molar-refractivity contribution < 1.29 is 29.1 Å². The van der Waals surface area contributed by atoms with Crippen LogP contribution in [0.25, 0.3) is 11.1 Å². The molecule has 3 aromatic rings. The summed E-state index contributed by atoms with van der Waals surface area (Å²) in [7, 11) is -0.556. The minimum absolute atomic E-state index is 0.0261. The Balaban J connectivity index is 1.09. The van der Waals surface area contributed by atoms with Crippen LogP contribution in [0.15, 0.2) is 66.9 Å². The molecule has 204 valence electrons. The topological polar surface area (TPSA) is 110 Å². The Morgan fingerprint density at radius 2 is 1.56 bits per heavy atom. The number of nitrogens with zero attached hydrogens (tertiary/aromatic N) is 1. The van der Waals surface area contributed by atoms with Gasteiger partial charge in [-0.05, 0) is 62.4 Å². The lowest BCUT2D eigenvalue weighted by atomic mass is 9.80. The Labute approximate surface area is 229 Å². The lowest BCUT2D eigenvalue weighted by Gasteiger charge is -2.32. The molecular formula is C30H35BN2O6. The molecule has 0 spiro atoms. The molecule has 9 heteroatoms. The molecule has 1 saturated heterocycles. The number of rotatable bonds is 8. The van der Waals surface area contributed by atoms with Crippen LogP contribution in [-0.4, -0.2) is 58.9 Å². The van der Waals surface area contributed by atoms with Gasteiger partial charge in [-0.3, -0.25) is 4.98 Å². The van der Waals surface area contributed by atoms with Gasteiger partial charge in [0.15, 0.2) is 0 Å². The number of aliphatic hydroxyl groups excluding tert-OH is 2. The van der Waals surface area contributed by atoms with Gasteiger partial charge < -0.3 is 29.6 Å². The second-order valence-electron chi connectivity index (χ2n) is 11.2. The van der Waals surface area contributed by atoms with Crippen molar-refractivity contribution in [3.63, 3.8) is 0 Å². The quantitative estimate of drug-likeness (QED) is 0.381. The number of nitrogens with one attached hydrogen (secondary N) is 1. The van der Waals surface area contributed by atoms with Crippen LogP contribution in [0, 0.1) is 0 Å². The largest absolute Gasteiger partial charge is 0.496 e.